The second-order valence-corrected chi connectivity index (χ2v) is 8.38. The predicted molar refractivity (Wildman–Crippen MR) is 136 cm³/mol. The Balaban J connectivity index is 1.39. The molecule has 0 aliphatic heterocycles. The molecule has 37 heavy (non-hydrogen) atoms. The third-order valence-electron chi connectivity index (χ3n) is 5.36. The van der Waals surface area contributed by atoms with Gasteiger partial charge in [0.25, 0.3) is 0 Å². The summed E-state index contributed by atoms with van der Waals surface area (Å²) in [7, 11) is 0. The molecule has 3 aromatic carbocycles. The number of carboxylic acids is 1. The molecule has 0 spiro atoms. The minimum Gasteiger partial charge on any atom is -0.489 e. The van der Waals surface area contributed by atoms with Crippen molar-refractivity contribution in [1.82, 2.24) is 10.6 Å². The van der Waals surface area contributed by atoms with Crippen LogP contribution in [0.15, 0.2) is 84.9 Å². The molecule has 2 atom stereocenters. The van der Waals surface area contributed by atoms with Crippen LogP contribution in [0.25, 0.3) is 0 Å². The number of carboxylic acid groups (broad SMARTS) is 1. The summed E-state index contributed by atoms with van der Waals surface area (Å²) in [6, 6.07) is 24.6. The Morgan fingerprint density at radius 2 is 1.38 bits per heavy atom. The molecule has 0 heterocycles. The standard InChI is InChI=1S/C28H30N2O7/c31-23(17-29-28(35)37-19-22-9-5-2-6-10-22)16-26(32)30-25(27(33)34)15-20-11-13-24(14-12-20)36-18-21-7-3-1-4-8-21/h1-14,23,25,31H,15-19H2,(H,29,35)(H,30,32)(H,33,34)/t23-,25+/m1/s1. The minimum atomic E-state index is -1.21. The van der Waals surface area contributed by atoms with Gasteiger partial charge >= 0.3 is 12.1 Å². The van der Waals surface area contributed by atoms with E-state index in [9.17, 15) is 24.6 Å². The SMILES string of the molecule is O=C(C[C@@H](O)CNC(=O)OCc1ccccc1)N[C@@H](Cc1ccc(OCc2ccccc2)cc1)C(=O)O. The first-order valence-corrected chi connectivity index (χ1v) is 11.8. The highest BCUT2D eigenvalue weighted by molar-refractivity contribution is 5.84. The molecule has 0 saturated carbocycles. The highest BCUT2D eigenvalue weighted by Crippen LogP contribution is 2.15. The molecule has 3 aromatic rings. The Morgan fingerprint density at radius 1 is 0.784 bits per heavy atom. The smallest absolute Gasteiger partial charge is 0.407 e. The van der Waals surface area contributed by atoms with Gasteiger partial charge in [-0.05, 0) is 28.8 Å². The van der Waals surface area contributed by atoms with Gasteiger partial charge in [0.2, 0.25) is 5.91 Å². The molecule has 2 amide bonds. The van der Waals surface area contributed by atoms with Crippen molar-refractivity contribution >= 4 is 18.0 Å². The third kappa shape index (κ3) is 10.0. The minimum absolute atomic E-state index is 0.0557. The molecule has 0 bridgehead atoms. The Bertz CT molecular complexity index is 1140. The maximum Gasteiger partial charge on any atom is 0.407 e. The lowest BCUT2D eigenvalue weighted by Gasteiger charge is -2.17. The second-order valence-electron chi connectivity index (χ2n) is 8.38. The molecule has 4 N–H and O–H groups in total. The molecule has 0 unspecified atom stereocenters. The van der Waals surface area contributed by atoms with Gasteiger partial charge in [-0.1, -0.05) is 72.8 Å². The zero-order valence-electron chi connectivity index (χ0n) is 20.2. The Kier molecular flexibility index (Phi) is 10.5. The number of hydrogen-bond donors (Lipinski definition) is 4. The van der Waals surface area contributed by atoms with Crippen LogP contribution in [-0.4, -0.2) is 46.9 Å². The van der Waals surface area contributed by atoms with Gasteiger partial charge in [-0.25, -0.2) is 9.59 Å². The maximum absolute atomic E-state index is 12.3. The van der Waals surface area contributed by atoms with Crippen LogP contribution in [0.5, 0.6) is 5.75 Å². The molecule has 0 aliphatic rings. The fourth-order valence-electron chi connectivity index (χ4n) is 3.41. The zero-order valence-corrected chi connectivity index (χ0v) is 20.2. The fourth-order valence-corrected chi connectivity index (χ4v) is 3.41. The molecule has 0 aromatic heterocycles. The molecular weight excluding hydrogens is 476 g/mol. The molecular formula is C28H30N2O7. The van der Waals surface area contributed by atoms with Crippen molar-refractivity contribution in [1.29, 1.82) is 0 Å². The van der Waals surface area contributed by atoms with Gasteiger partial charge in [-0.15, -0.1) is 0 Å². The lowest BCUT2D eigenvalue weighted by Crippen LogP contribution is -2.44. The number of aliphatic carboxylic acids is 1. The molecule has 3 rings (SSSR count). The van der Waals surface area contributed by atoms with E-state index in [0.717, 1.165) is 11.1 Å². The van der Waals surface area contributed by atoms with Crippen LogP contribution in [0.3, 0.4) is 0 Å². The number of rotatable bonds is 13. The summed E-state index contributed by atoms with van der Waals surface area (Å²) in [6.07, 6.45) is -2.27. The first kappa shape index (κ1) is 27.2. The van der Waals surface area contributed by atoms with Crippen LogP contribution in [0.4, 0.5) is 4.79 Å². The largest absolute Gasteiger partial charge is 0.489 e. The molecule has 9 heteroatoms. The third-order valence-corrected chi connectivity index (χ3v) is 5.36. The van der Waals surface area contributed by atoms with Gasteiger partial charge in [0.15, 0.2) is 0 Å². The molecule has 0 aliphatic carbocycles. The van der Waals surface area contributed by atoms with Crippen LogP contribution in [0, 0.1) is 0 Å². The monoisotopic (exact) mass is 506 g/mol. The Hall–Kier alpha value is -4.37. The Labute approximate surface area is 215 Å². The van der Waals surface area contributed by atoms with E-state index < -0.39 is 30.1 Å². The van der Waals surface area contributed by atoms with E-state index in [1.807, 2.05) is 48.5 Å². The molecule has 9 nitrogen and oxygen atoms in total. The summed E-state index contributed by atoms with van der Waals surface area (Å²) >= 11 is 0. The summed E-state index contributed by atoms with van der Waals surface area (Å²) in [5.74, 6) is -1.21. The summed E-state index contributed by atoms with van der Waals surface area (Å²) in [6.45, 7) is 0.267. The summed E-state index contributed by atoms with van der Waals surface area (Å²) in [4.78, 5) is 35.8. The molecule has 0 saturated heterocycles. The molecule has 0 fully saturated rings. The van der Waals surface area contributed by atoms with Gasteiger partial charge in [-0.3, -0.25) is 4.79 Å². The number of hydrogen-bond acceptors (Lipinski definition) is 6. The van der Waals surface area contributed by atoms with Crippen molar-refractivity contribution < 1.29 is 34.1 Å². The Morgan fingerprint density at radius 3 is 1.97 bits per heavy atom. The number of amides is 2. The average molecular weight is 507 g/mol. The average Bonchev–Trinajstić information content (AvgIpc) is 2.91. The number of aliphatic hydroxyl groups is 1. The van der Waals surface area contributed by atoms with E-state index >= 15 is 0 Å². The highest BCUT2D eigenvalue weighted by atomic mass is 16.5. The zero-order chi connectivity index (χ0) is 26.5. The van der Waals surface area contributed by atoms with Crippen molar-refractivity contribution in [3.05, 3.63) is 102 Å². The van der Waals surface area contributed by atoms with Crippen LogP contribution < -0.4 is 15.4 Å². The lowest BCUT2D eigenvalue weighted by molar-refractivity contribution is -0.142. The van der Waals surface area contributed by atoms with E-state index in [-0.39, 0.29) is 26.0 Å². The van der Waals surface area contributed by atoms with Crippen molar-refractivity contribution in [3.8, 4) is 5.75 Å². The number of nitrogens with one attached hydrogen (secondary N) is 2. The summed E-state index contributed by atoms with van der Waals surface area (Å²) < 4.78 is 10.8. The normalized spacial score (nSPS) is 12.1. The van der Waals surface area contributed by atoms with Gasteiger partial charge in [0, 0.05) is 13.0 Å². The van der Waals surface area contributed by atoms with Crippen molar-refractivity contribution in [2.75, 3.05) is 6.54 Å². The lowest BCUT2D eigenvalue weighted by atomic mass is 10.1. The van der Waals surface area contributed by atoms with Crippen molar-refractivity contribution in [2.24, 2.45) is 0 Å². The molecule has 0 radical (unpaired) electrons. The first-order chi connectivity index (χ1) is 17.9. The van der Waals surface area contributed by atoms with E-state index in [2.05, 4.69) is 10.6 Å². The summed E-state index contributed by atoms with van der Waals surface area (Å²) in [5, 5.41) is 24.4. The number of benzene rings is 3. The van der Waals surface area contributed by atoms with E-state index in [1.54, 1.807) is 36.4 Å². The van der Waals surface area contributed by atoms with Crippen LogP contribution in [-0.2, 0) is 34.0 Å². The van der Waals surface area contributed by atoms with Gasteiger partial charge in [-0.2, -0.15) is 0 Å². The fraction of sp³-hybridized carbons (Fsp3) is 0.250. The summed E-state index contributed by atoms with van der Waals surface area (Å²) in [5.41, 5.74) is 2.54. The predicted octanol–water partition coefficient (Wildman–Crippen LogP) is 3.05. The second kappa shape index (κ2) is 14.3. The molecule has 194 valence electrons. The first-order valence-electron chi connectivity index (χ1n) is 11.8. The maximum atomic E-state index is 12.3. The number of ether oxygens (including phenoxy) is 2. The highest BCUT2D eigenvalue weighted by Gasteiger charge is 2.22. The number of carbonyl (C=O) groups excluding carboxylic acids is 2. The van der Waals surface area contributed by atoms with Crippen molar-refractivity contribution in [3.63, 3.8) is 0 Å². The van der Waals surface area contributed by atoms with Crippen LogP contribution >= 0.6 is 0 Å². The van der Waals surface area contributed by atoms with Crippen LogP contribution in [0.1, 0.15) is 23.1 Å². The van der Waals surface area contributed by atoms with Gasteiger partial charge in [0.05, 0.1) is 12.5 Å². The quantitative estimate of drug-likeness (QED) is 0.280. The van der Waals surface area contributed by atoms with E-state index in [4.69, 9.17) is 9.47 Å². The number of alkyl carbamates (subject to hydrolysis) is 1. The van der Waals surface area contributed by atoms with E-state index in [0.29, 0.717) is 17.9 Å². The van der Waals surface area contributed by atoms with Gasteiger partial charge in [0.1, 0.15) is 25.0 Å². The topological polar surface area (TPSA) is 134 Å². The number of carbonyl (C=O) groups is 3. The van der Waals surface area contributed by atoms with Crippen LogP contribution in [0.2, 0.25) is 0 Å². The number of aliphatic hydroxyl groups excluding tert-OH is 1. The van der Waals surface area contributed by atoms with E-state index in [1.165, 1.54) is 0 Å². The van der Waals surface area contributed by atoms with Crippen molar-refractivity contribution in [2.45, 2.75) is 38.2 Å². The van der Waals surface area contributed by atoms with Gasteiger partial charge < -0.3 is 30.3 Å².